The number of hydrogen-bond acceptors (Lipinski definition) is 2. The van der Waals surface area contributed by atoms with Gasteiger partial charge in [-0.15, -0.1) is 0 Å². The highest BCUT2D eigenvalue weighted by Crippen LogP contribution is 2.21. The number of nitrogens with zero attached hydrogens (tertiary/aromatic N) is 1. The molecule has 1 unspecified atom stereocenters. The topological polar surface area (TPSA) is 38.9 Å². The fraction of sp³-hybridized carbons (Fsp3) is 0.312. The molecule has 0 amide bonds. The molecule has 1 atom stereocenters. The zero-order valence-electron chi connectivity index (χ0n) is 11.1. The van der Waals surface area contributed by atoms with Gasteiger partial charge in [0.15, 0.2) is 0 Å². The van der Waals surface area contributed by atoms with E-state index in [9.17, 15) is 0 Å². The van der Waals surface area contributed by atoms with Crippen LogP contribution in [0.1, 0.15) is 28.2 Å². The van der Waals surface area contributed by atoms with Crippen molar-refractivity contribution in [2.75, 3.05) is 6.54 Å². The molecular formula is C16H20N2. The summed E-state index contributed by atoms with van der Waals surface area (Å²) in [7, 11) is 0. The van der Waals surface area contributed by atoms with Gasteiger partial charge in [-0.2, -0.15) is 0 Å². The minimum absolute atomic E-state index is 0.347. The largest absolute Gasteiger partial charge is 0.330 e. The SMILES string of the molecule is Cc1ccc(CC(CN)c2cccnc2)c(C)c1. The molecule has 0 aliphatic heterocycles. The van der Waals surface area contributed by atoms with E-state index in [4.69, 9.17) is 5.73 Å². The molecule has 18 heavy (non-hydrogen) atoms. The third-order valence-corrected chi connectivity index (χ3v) is 3.40. The molecule has 0 aliphatic rings. The quantitative estimate of drug-likeness (QED) is 0.892. The second-order valence-electron chi connectivity index (χ2n) is 4.85. The normalized spacial score (nSPS) is 12.4. The Labute approximate surface area is 109 Å². The Kier molecular flexibility index (Phi) is 4.11. The second kappa shape index (κ2) is 5.78. The van der Waals surface area contributed by atoms with Gasteiger partial charge < -0.3 is 5.73 Å². The molecular weight excluding hydrogens is 220 g/mol. The zero-order valence-corrected chi connectivity index (χ0v) is 11.1. The van der Waals surface area contributed by atoms with Gasteiger partial charge in [-0.25, -0.2) is 0 Å². The van der Waals surface area contributed by atoms with E-state index in [-0.39, 0.29) is 0 Å². The lowest BCUT2D eigenvalue weighted by atomic mass is 9.90. The van der Waals surface area contributed by atoms with Crippen LogP contribution < -0.4 is 5.73 Å². The molecule has 1 aromatic carbocycles. The Morgan fingerprint density at radius 1 is 1.22 bits per heavy atom. The smallest absolute Gasteiger partial charge is 0.0303 e. The van der Waals surface area contributed by atoms with E-state index in [0.29, 0.717) is 12.5 Å². The van der Waals surface area contributed by atoms with Crippen molar-refractivity contribution in [2.24, 2.45) is 5.73 Å². The number of aryl methyl sites for hydroxylation is 2. The average molecular weight is 240 g/mol. The van der Waals surface area contributed by atoms with Gasteiger partial charge in [0.05, 0.1) is 0 Å². The molecule has 0 aliphatic carbocycles. The number of rotatable bonds is 4. The number of aromatic nitrogens is 1. The van der Waals surface area contributed by atoms with E-state index in [1.54, 1.807) is 6.20 Å². The summed E-state index contributed by atoms with van der Waals surface area (Å²) in [4.78, 5) is 4.18. The van der Waals surface area contributed by atoms with Gasteiger partial charge in [0.2, 0.25) is 0 Å². The first-order chi connectivity index (χ1) is 8.70. The molecule has 2 heteroatoms. The van der Waals surface area contributed by atoms with Crippen LogP contribution in [-0.4, -0.2) is 11.5 Å². The third kappa shape index (κ3) is 2.96. The van der Waals surface area contributed by atoms with Crippen LogP contribution in [0.5, 0.6) is 0 Å². The predicted molar refractivity (Wildman–Crippen MR) is 75.7 cm³/mol. The summed E-state index contributed by atoms with van der Waals surface area (Å²) < 4.78 is 0. The summed E-state index contributed by atoms with van der Waals surface area (Å²) in [5.41, 5.74) is 11.2. The van der Waals surface area contributed by atoms with Crippen LogP contribution in [0.3, 0.4) is 0 Å². The van der Waals surface area contributed by atoms with Crippen LogP contribution in [0.2, 0.25) is 0 Å². The molecule has 2 aromatic rings. The lowest BCUT2D eigenvalue weighted by Crippen LogP contribution is -2.15. The van der Waals surface area contributed by atoms with Gasteiger partial charge in [-0.1, -0.05) is 29.8 Å². The van der Waals surface area contributed by atoms with Crippen molar-refractivity contribution in [3.05, 3.63) is 65.0 Å². The minimum atomic E-state index is 0.347. The third-order valence-electron chi connectivity index (χ3n) is 3.40. The Morgan fingerprint density at radius 2 is 2.06 bits per heavy atom. The molecule has 1 heterocycles. The Bertz CT molecular complexity index is 506. The zero-order chi connectivity index (χ0) is 13.0. The van der Waals surface area contributed by atoms with E-state index >= 15 is 0 Å². The van der Waals surface area contributed by atoms with Crippen LogP contribution in [0.4, 0.5) is 0 Å². The van der Waals surface area contributed by atoms with Crippen LogP contribution >= 0.6 is 0 Å². The van der Waals surface area contributed by atoms with Crippen LogP contribution in [0.25, 0.3) is 0 Å². The molecule has 2 nitrogen and oxygen atoms in total. The van der Waals surface area contributed by atoms with Gasteiger partial charge >= 0.3 is 0 Å². The van der Waals surface area contributed by atoms with Crippen LogP contribution in [-0.2, 0) is 6.42 Å². The number of pyridine rings is 1. The summed E-state index contributed by atoms with van der Waals surface area (Å²) in [6.45, 7) is 4.94. The Balaban J connectivity index is 2.21. The molecule has 2 N–H and O–H groups in total. The molecule has 0 saturated heterocycles. The first-order valence-electron chi connectivity index (χ1n) is 6.37. The fourth-order valence-corrected chi connectivity index (χ4v) is 2.30. The molecule has 1 aromatic heterocycles. The van der Waals surface area contributed by atoms with E-state index < -0.39 is 0 Å². The molecule has 94 valence electrons. The van der Waals surface area contributed by atoms with E-state index in [1.807, 2.05) is 12.3 Å². The lowest BCUT2D eigenvalue weighted by molar-refractivity contribution is 0.688. The summed E-state index contributed by atoms with van der Waals surface area (Å²) in [5.74, 6) is 0.347. The first-order valence-corrected chi connectivity index (χ1v) is 6.37. The Hall–Kier alpha value is -1.67. The summed E-state index contributed by atoms with van der Waals surface area (Å²) in [5, 5.41) is 0. The minimum Gasteiger partial charge on any atom is -0.330 e. The van der Waals surface area contributed by atoms with Crippen molar-refractivity contribution in [2.45, 2.75) is 26.2 Å². The maximum Gasteiger partial charge on any atom is 0.0303 e. The van der Waals surface area contributed by atoms with Crippen molar-refractivity contribution in [1.82, 2.24) is 4.98 Å². The van der Waals surface area contributed by atoms with Gasteiger partial charge in [0.25, 0.3) is 0 Å². The molecule has 0 radical (unpaired) electrons. The number of nitrogens with two attached hydrogens (primary N) is 1. The highest BCUT2D eigenvalue weighted by Gasteiger charge is 2.12. The number of hydrogen-bond donors (Lipinski definition) is 1. The maximum absolute atomic E-state index is 5.90. The van der Waals surface area contributed by atoms with Gasteiger partial charge in [0, 0.05) is 18.3 Å². The van der Waals surface area contributed by atoms with E-state index in [1.165, 1.54) is 22.3 Å². The van der Waals surface area contributed by atoms with Gasteiger partial charge in [0.1, 0.15) is 0 Å². The number of benzene rings is 1. The average Bonchev–Trinajstić information content (AvgIpc) is 2.39. The molecule has 0 spiro atoms. The maximum atomic E-state index is 5.90. The highest BCUT2D eigenvalue weighted by molar-refractivity contribution is 5.32. The van der Waals surface area contributed by atoms with Gasteiger partial charge in [-0.3, -0.25) is 4.98 Å². The van der Waals surface area contributed by atoms with E-state index in [2.05, 4.69) is 43.1 Å². The first kappa shape index (κ1) is 12.8. The summed E-state index contributed by atoms with van der Waals surface area (Å²) >= 11 is 0. The van der Waals surface area contributed by atoms with Crippen LogP contribution in [0, 0.1) is 13.8 Å². The standard InChI is InChI=1S/C16H20N2/c1-12-5-6-14(13(2)8-12)9-16(10-17)15-4-3-7-18-11-15/h3-8,11,16H,9-10,17H2,1-2H3. The monoisotopic (exact) mass is 240 g/mol. The van der Waals surface area contributed by atoms with Crippen molar-refractivity contribution >= 4 is 0 Å². The fourth-order valence-electron chi connectivity index (χ4n) is 2.30. The molecule has 0 fully saturated rings. The summed E-state index contributed by atoms with van der Waals surface area (Å²) in [6.07, 6.45) is 4.70. The van der Waals surface area contributed by atoms with Crippen LogP contribution in [0.15, 0.2) is 42.7 Å². The van der Waals surface area contributed by atoms with Crippen molar-refractivity contribution in [1.29, 1.82) is 0 Å². The molecule has 0 saturated carbocycles. The van der Waals surface area contributed by atoms with Gasteiger partial charge in [-0.05, 0) is 49.6 Å². The summed E-state index contributed by atoms with van der Waals surface area (Å²) in [6, 6.07) is 10.7. The molecule has 0 bridgehead atoms. The Morgan fingerprint density at radius 3 is 2.67 bits per heavy atom. The van der Waals surface area contributed by atoms with Crippen molar-refractivity contribution in [3.8, 4) is 0 Å². The van der Waals surface area contributed by atoms with Crippen molar-refractivity contribution < 1.29 is 0 Å². The molecule has 2 rings (SSSR count). The highest BCUT2D eigenvalue weighted by atomic mass is 14.6. The lowest BCUT2D eigenvalue weighted by Gasteiger charge is -2.16. The van der Waals surface area contributed by atoms with Crippen molar-refractivity contribution in [3.63, 3.8) is 0 Å². The predicted octanol–water partition coefficient (Wildman–Crippen LogP) is 2.98. The van der Waals surface area contributed by atoms with E-state index in [0.717, 1.165) is 6.42 Å². The second-order valence-corrected chi connectivity index (χ2v) is 4.85.